The summed E-state index contributed by atoms with van der Waals surface area (Å²) in [7, 11) is 0. The van der Waals surface area contributed by atoms with Crippen LogP contribution >= 0.6 is 22.9 Å². The summed E-state index contributed by atoms with van der Waals surface area (Å²) in [5, 5.41) is 5.74. The van der Waals surface area contributed by atoms with Gasteiger partial charge in [-0.3, -0.25) is 14.4 Å². The summed E-state index contributed by atoms with van der Waals surface area (Å²) in [6.07, 6.45) is 1.99. The van der Waals surface area contributed by atoms with Crippen LogP contribution in [0.4, 0.5) is 10.8 Å². The molecule has 0 spiro atoms. The molecule has 3 amide bonds. The normalized spacial score (nSPS) is 15.3. The van der Waals surface area contributed by atoms with Crippen molar-refractivity contribution < 1.29 is 14.4 Å². The van der Waals surface area contributed by atoms with Crippen molar-refractivity contribution in [2.24, 2.45) is 0 Å². The molecule has 5 rings (SSSR count). The molecular weight excluding hydrogens is 522 g/mol. The highest BCUT2D eigenvalue weighted by Gasteiger charge is 2.35. The van der Waals surface area contributed by atoms with Gasteiger partial charge in [-0.1, -0.05) is 35.9 Å². The lowest BCUT2D eigenvalue weighted by molar-refractivity contribution is -0.130. The van der Waals surface area contributed by atoms with Gasteiger partial charge in [0, 0.05) is 53.9 Å². The highest BCUT2D eigenvalue weighted by Crippen LogP contribution is 2.29. The van der Waals surface area contributed by atoms with Gasteiger partial charge in [0.15, 0.2) is 5.13 Å². The number of halogens is 1. The van der Waals surface area contributed by atoms with Gasteiger partial charge in [0.25, 0.3) is 5.91 Å². The van der Waals surface area contributed by atoms with Crippen molar-refractivity contribution in [3.05, 3.63) is 75.8 Å². The summed E-state index contributed by atoms with van der Waals surface area (Å²) in [5.74, 6) is -0.396. The zero-order valence-electron chi connectivity index (χ0n) is 21.2. The molecule has 198 valence electrons. The number of amides is 3. The van der Waals surface area contributed by atoms with Gasteiger partial charge in [0.1, 0.15) is 6.54 Å². The number of hydrogen-bond acceptors (Lipinski definition) is 6. The smallest absolute Gasteiger partial charge is 0.254 e. The molecule has 0 unspecified atom stereocenters. The first kappa shape index (κ1) is 26.2. The predicted molar refractivity (Wildman–Crippen MR) is 150 cm³/mol. The van der Waals surface area contributed by atoms with Crippen LogP contribution in [0, 0.1) is 6.92 Å². The van der Waals surface area contributed by atoms with E-state index in [1.165, 1.54) is 11.3 Å². The summed E-state index contributed by atoms with van der Waals surface area (Å²) >= 11 is 7.40. The summed E-state index contributed by atoms with van der Waals surface area (Å²) < 4.78 is 0. The Morgan fingerprint density at radius 3 is 2.55 bits per heavy atom. The fourth-order valence-corrected chi connectivity index (χ4v) is 5.54. The van der Waals surface area contributed by atoms with Crippen LogP contribution in [0.5, 0.6) is 0 Å². The number of nitrogens with zero attached hydrogens (tertiary/aromatic N) is 4. The Balaban J connectivity index is 1.12. The number of aryl methyl sites for hydroxylation is 1. The van der Waals surface area contributed by atoms with E-state index in [2.05, 4.69) is 15.2 Å². The first-order valence-corrected chi connectivity index (χ1v) is 14.0. The molecule has 10 heteroatoms. The van der Waals surface area contributed by atoms with Crippen molar-refractivity contribution in [3.8, 4) is 0 Å². The van der Waals surface area contributed by atoms with E-state index in [4.69, 9.17) is 11.6 Å². The lowest BCUT2D eigenvalue weighted by atomic mass is 10.1. The van der Waals surface area contributed by atoms with Crippen LogP contribution in [-0.2, 0) is 16.0 Å². The third-order valence-electron chi connectivity index (χ3n) is 6.87. The number of carbonyl (C=O) groups is 3. The highest BCUT2D eigenvalue weighted by molar-refractivity contribution is 7.13. The zero-order chi connectivity index (χ0) is 26.6. The van der Waals surface area contributed by atoms with Gasteiger partial charge in [0.2, 0.25) is 11.8 Å². The third-order valence-corrected chi connectivity index (χ3v) is 7.92. The molecule has 0 bridgehead atoms. The fourth-order valence-electron chi connectivity index (χ4n) is 4.63. The minimum absolute atomic E-state index is 0.0163. The average molecular weight is 552 g/mol. The number of hydrogen-bond donors (Lipinski definition) is 1. The van der Waals surface area contributed by atoms with Crippen LogP contribution in [0.15, 0.2) is 53.9 Å². The lowest BCUT2D eigenvalue weighted by Crippen LogP contribution is -2.49. The molecule has 1 aromatic heterocycles. The summed E-state index contributed by atoms with van der Waals surface area (Å²) in [4.78, 5) is 49.0. The monoisotopic (exact) mass is 551 g/mol. The molecule has 1 saturated carbocycles. The minimum atomic E-state index is -0.289. The van der Waals surface area contributed by atoms with Crippen LogP contribution in [0.3, 0.4) is 0 Å². The van der Waals surface area contributed by atoms with Crippen LogP contribution in [0.2, 0.25) is 5.02 Å². The number of carbonyl (C=O) groups excluding carboxylic acids is 3. The molecule has 1 aliphatic carbocycles. The molecular formula is C28H30ClN5O3S. The Morgan fingerprint density at radius 2 is 1.84 bits per heavy atom. The third kappa shape index (κ3) is 6.34. The summed E-state index contributed by atoms with van der Waals surface area (Å²) in [6.45, 7) is 4.61. The van der Waals surface area contributed by atoms with Gasteiger partial charge in [-0.2, -0.15) is 0 Å². The maximum absolute atomic E-state index is 13.1. The number of rotatable bonds is 8. The van der Waals surface area contributed by atoms with E-state index in [1.807, 2.05) is 54.3 Å². The van der Waals surface area contributed by atoms with E-state index in [1.54, 1.807) is 16.3 Å². The Kier molecular flexibility index (Phi) is 7.95. The molecule has 1 saturated heterocycles. The number of nitrogens with one attached hydrogen (secondary N) is 1. The van der Waals surface area contributed by atoms with E-state index in [0.29, 0.717) is 34.5 Å². The number of aromatic nitrogens is 1. The highest BCUT2D eigenvalue weighted by atomic mass is 35.5. The summed E-state index contributed by atoms with van der Waals surface area (Å²) in [5.41, 5.74) is 3.20. The largest absolute Gasteiger partial charge is 0.368 e. The average Bonchev–Trinajstić information content (AvgIpc) is 3.67. The molecule has 3 aromatic rings. The van der Waals surface area contributed by atoms with Gasteiger partial charge < -0.3 is 20.0 Å². The number of thiazole rings is 1. The SMILES string of the molecule is Cc1ccccc1C(=O)N(CC(=O)Nc1nc(CC(=O)N2CCN(c3cccc(Cl)c3)CC2)cs1)C1CC1. The molecule has 2 fully saturated rings. The van der Waals surface area contributed by atoms with Crippen molar-refractivity contribution in [2.75, 3.05) is 42.9 Å². The minimum Gasteiger partial charge on any atom is -0.368 e. The van der Waals surface area contributed by atoms with E-state index in [-0.39, 0.29) is 36.7 Å². The van der Waals surface area contributed by atoms with Crippen molar-refractivity contribution in [2.45, 2.75) is 32.2 Å². The van der Waals surface area contributed by atoms with Crippen LogP contribution in [-0.4, -0.2) is 71.3 Å². The van der Waals surface area contributed by atoms with E-state index in [0.717, 1.165) is 37.2 Å². The lowest BCUT2D eigenvalue weighted by Gasteiger charge is -2.36. The van der Waals surface area contributed by atoms with Gasteiger partial charge in [-0.25, -0.2) is 4.98 Å². The second-order valence-corrected chi connectivity index (χ2v) is 11.0. The van der Waals surface area contributed by atoms with Gasteiger partial charge >= 0.3 is 0 Å². The van der Waals surface area contributed by atoms with E-state index >= 15 is 0 Å². The summed E-state index contributed by atoms with van der Waals surface area (Å²) in [6, 6.07) is 15.3. The molecule has 38 heavy (non-hydrogen) atoms. The Bertz CT molecular complexity index is 1330. The fraction of sp³-hybridized carbons (Fsp3) is 0.357. The Hall–Kier alpha value is -3.43. The standard InChI is InChI=1S/C28H30ClN5O3S/c1-19-5-2-3-8-24(19)27(37)34(22-9-10-22)17-25(35)31-28-30-21(18-38-28)16-26(36)33-13-11-32(12-14-33)23-7-4-6-20(29)15-23/h2-8,15,18,22H,9-14,16-17H2,1H3,(H,30,31,35). The van der Waals surface area contributed by atoms with Gasteiger partial charge in [-0.05, 0) is 49.6 Å². The first-order chi connectivity index (χ1) is 18.4. The molecule has 8 nitrogen and oxygen atoms in total. The topological polar surface area (TPSA) is 85.8 Å². The number of anilines is 2. The molecule has 2 aromatic carbocycles. The Morgan fingerprint density at radius 1 is 1.08 bits per heavy atom. The van der Waals surface area contributed by atoms with Gasteiger partial charge in [0.05, 0.1) is 12.1 Å². The molecule has 0 radical (unpaired) electrons. The van der Waals surface area contributed by atoms with Crippen molar-refractivity contribution >= 4 is 51.5 Å². The van der Waals surface area contributed by atoms with Gasteiger partial charge in [-0.15, -0.1) is 11.3 Å². The molecule has 1 aliphatic heterocycles. The number of benzene rings is 2. The molecule has 0 atom stereocenters. The Labute approximate surface area is 231 Å². The van der Waals surface area contributed by atoms with E-state index in [9.17, 15) is 14.4 Å². The second-order valence-electron chi connectivity index (χ2n) is 9.70. The quantitative estimate of drug-likeness (QED) is 0.452. The van der Waals surface area contributed by atoms with Crippen LogP contribution < -0.4 is 10.2 Å². The first-order valence-electron chi connectivity index (χ1n) is 12.8. The van der Waals surface area contributed by atoms with E-state index < -0.39 is 0 Å². The van der Waals surface area contributed by atoms with Crippen molar-refractivity contribution in [1.82, 2.24) is 14.8 Å². The zero-order valence-corrected chi connectivity index (χ0v) is 22.8. The predicted octanol–water partition coefficient (Wildman–Crippen LogP) is 4.24. The second kappa shape index (κ2) is 11.5. The maximum Gasteiger partial charge on any atom is 0.254 e. The molecule has 1 N–H and O–H groups in total. The van der Waals surface area contributed by atoms with Crippen LogP contribution in [0.25, 0.3) is 0 Å². The molecule has 2 heterocycles. The number of piperazine rings is 1. The van der Waals surface area contributed by atoms with Crippen molar-refractivity contribution in [3.63, 3.8) is 0 Å². The van der Waals surface area contributed by atoms with Crippen LogP contribution in [0.1, 0.15) is 34.5 Å². The van der Waals surface area contributed by atoms with Crippen molar-refractivity contribution in [1.29, 1.82) is 0 Å². The molecule has 2 aliphatic rings. The maximum atomic E-state index is 13.1.